The largest absolute Gasteiger partial charge is 0.484 e. The van der Waals surface area contributed by atoms with Crippen LogP contribution in [0, 0.1) is 5.82 Å². The van der Waals surface area contributed by atoms with E-state index in [4.69, 9.17) is 9.47 Å². The Hall–Kier alpha value is -3.52. The molecule has 0 aliphatic carbocycles. The molecular weight excluding hydrogens is 455 g/mol. The Morgan fingerprint density at radius 1 is 0.967 bits per heavy atom. The van der Waals surface area contributed by atoms with Crippen molar-refractivity contribution in [1.29, 1.82) is 0 Å². The van der Waals surface area contributed by atoms with Gasteiger partial charge in [-0.3, -0.25) is 4.79 Å². The van der Waals surface area contributed by atoms with Gasteiger partial charge in [0.1, 0.15) is 17.3 Å². The second-order valence-corrected chi connectivity index (χ2v) is 6.83. The molecular formula is C22H16BrFN2O4. The van der Waals surface area contributed by atoms with Crippen molar-refractivity contribution in [2.24, 2.45) is 5.10 Å². The zero-order valence-corrected chi connectivity index (χ0v) is 17.1. The lowest BCUT2D eigenvalue weighted by Gasteiger charge is -2.06. The predicted molar refractivity (Wildman–Crippen MR) is 113 cm³/mol. The molecule has 0 aliphatic rings. The van der Waals surface area contributed by atoms with Crippen LogP contribution >= 0.6 is 15.9 Å². The van der Waals surface area contributed by atoms with Gasteiger partial charge in [0.05, 0.1) is 11.8 Å². The quantitative estimate of drug-likeness (QED) is 0.241. The van der Waals surface area contributed by atoms with Gasteiger partial charge in [-0.1, -0.05) is 12.1 Å². The summed E-state index contributed by atoms with van der Waals surface area (Å²) < 4.78 is 24.0. The standard InChI is InChI=1S/C22H16BrFN2O4/c23-20-4-2-1-3-19(20)22(28)30-18-9-5-15(6-10-18)13-25-26-21(27)14-29-17-11-7-16(24)8-12-17/h1-13H,14H2,(H,26,27)/b25-13+. The summed E-state index contributed by atoms with van der Waals surface area (Å²) in [5.41, 5.74) is 3.44. The second-order valence-electron chi connectivity index (χ2n) is 5.97. The summed E-state index contributed by atoms with van der Waals surface area (Å²) >= 11 is 3.31. The first-order valence-corrected chi connectivity index (χ1v) is 9.57. The van der Waals surface area contributed by atoms with Gasteiger partial charge in [-0.25, -0.2) is 14.6 Å². The number of benzene rings is 3. The lowest BCUT2D eigenvalue weighted by atomic mass is 10.2. The minimum atomic E-state index is -0.475. The number of esters is 1. The number of nitrogens with zero attached hydrogens (tertiary/aromatic N) is 1. The van der Waals surface area contributed by atoms with Gasteiger partial charge in [-0.05, 0) is 82.2 Å². The number of hydrogen-bond acceptors (Lipinski definition) is 5. The fourth-order valence-corrected chi connectivity index (χ4v) is 2.75. The Labute approximate surface area is 180 Å². The maximum absolute atomic E-state index is 12.8. The molecule has 0 aliphatic heterocycles. The monoisotopic (exact) mass is 470 g/mol. The Balaban J connectivity index is 1.47. The van der Waals surface area contributed by atoms with Crippen LogP contribution in [-0.4, -0.2) is 24.7 Å². The topological polar surface area (TPSA) is 77.0 Å². The minimum absolute atomic E-state index is 0.257. The Morgan fingerprint density at radius 2 is 1.63 bits per heavy atom. The molecule has 152 valence electrons. The average molecular weight is 471 g/mol. The van der Waals surface area contributed by atoms with E-state index >= 15 is 0 Å². The highest BCUT2D eigenvalue weighted by atomic mass is 79.9. The van der Waals surface area contributed by atoms with Gasteiger partial charge in [-0.15, -0.1) is 0 Å². The molecule has 0 saturated carbocycles. The SMILES string of the molecule is O=C(COc1ccc(F)cc1)N/N=C/c1ccc(OC(=O)c2ccccc2Br)cc1. The minimum Gasteiger partial charge on any atom is -0.484 e. The van der Waals surface area contributed by atoms with E-state index in [2.05, 4.69) is 26.5 Å². The van der Waals surface area contributed by atoms with Gasteiger partial charge in [0.15, 0.2) is 6.61 Å². The summed E-state index contributed by atoms with van der Waals surface area (Å²) in [5, 5.41) is 3.84. The van der Waals surface area contributed by atoms with Crippen LogP contribution in [-0.2, 0) is 4.79 Å². The van der Waals surface area contributed by atoms with Crippen LogP contribution in [0.25, 0.3) is 0 Å². The summed E-state index contributed by atoms with van der Waals surface area (Å²) in [6.07, 6.45) is 1.44. The van der Waals surface area contributed by atoms with Crippen molar-refractivity contribution in [3.63, 3.8) is 0 Å². The molecule has 0 heterocycles. The lowest BCUT2D eigenvalue weighted by Crippen LogP contribution is -2.24. The number of amides is 1. The fourth-order valence-electron chi connectivity index (χ4n) is 2.30. The summed E-state index contributed by atoms with van der Waals surface area (Å²) in [7, 11) is 0. The molecule has 3 rings (SSSR count). The maximum atomic E-state index is 12.8. The molecule has 0 bridgehead atoms. The van der Waals surface area contributed by atoms with Crippen LogP contribution in [0.4, 0.5) is 4.39 Å². The molecule has 0 atom stereocenters. The van der Waals surface area contributed by atoms with Gasteiger partial charge in [0.25, 0.3) is 5.91 Å². The first kappa shape index (κ1) is 21.2. The van der Waals surface area contributed by atoms with E-state index in [1.54, 1.807) is 42.5 Å². The van der Waals surface area contributed by atoms with E-state index in [0.717, 1.165) is 0 Å². The highest BCUT2D eigenvalue weighted by molar-refractivity contribution is 9.10. The van der Waals surface area contributed by atoms with Crippen molar-refractivity contribution in [2.75, 3.05) is 6.61 Å². The van der Waals surface area contributed by atoms with E-state index < -0.39 is 11.9 Å². The van der Waals surface area contributed by atoms with Gasteiger partial charge in [0.2, 0.25) is 0 Å². The Morgan fingerprint density at radius 3 is 2.33 bits per heavy atom. The first-order chi connectivity index (χ1) is 14.5. The molecule has 0 fully saturated rings. The molecule has 6 nitrogen and oxygen atoms in total. The van der Waals surface area contributed by atoms with Crippen molar-refractivity contribution < 1.29 is 23.5 Å². The molecule has 3 aromatic carbocycles. The first-order valence-electron chi connectivity index (χ1n) is 8.78. The van der Waals surface area contributed by atoms with Crippen LogP contribution in [0.1, 0.15) is 15.9 Å². The van der Waals surface area contributed by atoms with E-state index in [1.165, 1.54) is 30.5 Å². The number of hydrazone groups is 1. The van der Waals surface area contributed by atoms with Crippen molar-refractivity contribution in [1.82, 2.24) is 5.43 Å². The molecule has 0 unspecified atom stereocenters. The molecule has 0 radical (unpaired) electrons. The van der Waals surface area contributed by atoms with Crippen LogP contribution < -0.4 is 14.9 Å². The molecule has 1 N–H and O–H groups in total. The smallest absolute Gasteiger partial charge is 0.344 e. The Kier molecular flexibility index (Phi) is 7.29. The predicted octanol–water partition coefficient (Wildman–Crippen LogP) is 4.34. The number of hydrogen-bond donors (Lipinski definition) is 1. The van der Waals surface area contributed by atoms with Gasteiger partial charge in [0, 0.05) is 4.47 Å². The van der Waals surface area contributed by atoms with E-state index in [1.807, 2.05) is 6.07 Å². The van der Waals surface area contributed by atoms with Gasteiger partial charge >= 0.3 is 5.97 Å². The number of rotatable bonds is 7. The van der Waals surface area contributed by atoms with E-state index in [0.29, 0.717) is 27.1 Å². The van der Waals surface area contributed by atoms with Crippen LogP contribution in [0.2, 0.25) is 0 Å². The maximum Gasteiger partial charge on any atom is 0.344 e. The van der Waals surface area contributed by atoms with Crippen molar-refractivity contribution in [3.8, 4) is 11.5 Å². The number of halogens is 2. The Bertz CT molecular complexity index is 1050. The molecule has 0 aromatic heterocycles. The van der Waals surface area contributed by atoms with Crippen molar-refractivity contribution >= 4 is 34.0 Å². The van der Waals surface area contributed by atoms with E-state index in [9.17, 15) is 14.0 Å². The van der Waals surface area contributed by atoms with Crippen molar-refractivity contribution in [2.45, 2.75) is 0 Å². The molecule has 1 amide bonds. The average Bonchev–Trinajstić information content (AvgIpc) is 2.75. The highest BCUT2D eigenvalue weighted by Gasteiger charge is 2.11. The van der Waals surface area contributed by atoms with Crippen LogP contribution in [0.3, 0.4) is 0 Å². The third kappa shape index (κ3) is 6.25. The van der Waals surface area contributed by atoms with Gasteiger partial charge in [-0.2, -0.15) is 5.10 Å². The molecule has 3 aromatic rings. The van der Waals surface area contributed by atoms with Gasteiger partial charge < -0.3 is 9.47 Å². The molecule has 0 saturated heterocycles. The van der Waals surface area contributed by atoms with Crippen molar-refractivity contribution in [3.05, 3.63) is 94.2 Å². The highest BCUT2D eigenvalue weighted by Crippen LogP contribution is 2.19. The molecule has 0 spiro atoms. The third-order valence-electron chi connectivity index (χ3n) is 3.77. The summed E-state index contributed by atoms with van der Waals surface area (Å²) in [5.74, 6) is -0.565. The number of ether oxygens (including phenoxy) is 2. The van der Waals surface area contributed by atoms with E-state index in [-0.39, 0.29) is 12.4 Å². The van der Waals surface area contributed by atoms with Crippen LogP contribution in [0.5, 0.6) is 11.5 Å². The number of carbonyl (C=O) groups excluding carboxylic acids is 2. The molecule has 8 heteroatoms. The number of nitrogens with one attached hydrogen (secondary N) is 1. The summed E-state index contributed by atoms with van der Waals surface area (Å²) in [4.78, 5) is 23.9. The zero-order valence-electron chi connectivity index (χ0n) is 15.5. The van der Waals surface area contributed by atoms with Crippen LogP contribution in [0.15, 0.2) is 82.4 Å². The lowest BCUT2D eigenvalue weighted by molar-refractivity contribution is -0.123. The fraction of sp³-hybridized carbons (Fsp3) is 0.0455. The second kappa shape index (κ2) is 10.3. The zero-order chi connectivity index (χ0) is 21.3. The number of carbonyl (C=O) groups is 2. The summed E-state index contributed by atoms with van der Waals surface area (Å²) in [6, 6.07) is 18.9. The summed E-state index contributed by atoms with van der Waals surface area (Å²) in [6.45, 7) is -0.257. The third-order valence-corrected chi connectivity index (χ3v) is 4.46. The normalized spacial score (nSPS) is 10.6. The molecule has 30 heavy (non-hydrogen) atoms.